The fourth-order valence-electron chi connectivity index (χ4n) is 1.80. The molecule has 2 aromatic rings. The van der Waals surface area contributed by atoms with Crippen molar-refractivity contribution in [2.45, 2.75) is 0 Å². The Morgan fingerprint density at radius 1 is 1.25 bits per heavy atom. The van der Waals surface area contributed by atoms with Crippen molar-refractivity contribution in [1.29, 1.82) is 5.26 Å². The number of aromatic carboxylic acids is 1. The molecule has 100 valence electrons. The van der Waals surface area contributed by atoms with Crippen LogP contribution in [0.4, 0.5) is 0 Å². The minimum Gasteiger partial charge on any atom is -0.497 e. The predicted octanol–water partition coefficient (Wildman–Crippen LogP) is 3.59. The topological polar surface area (TPSA) is 70.3 Å². The zero-order valence-electron chi connectivity index (χ0n) is 10.6. The molecule has 0 saturated heterocycles. The number of methoxy groups -OCH3 is 1. The molecule has 0 saturated carbocycles. The summed E-state index contributed by atoms with van der Waals surface area (Å²) in [6.45, 7) is 0. The summed E-state index contributed by atoms with van der Waals surface area (Å²) in [4.78, 5) is 11.1. The van der Waals surface area contributed by atoms with Gasteiger partial charge in [0.25, 0.3) is 0 Å². The van der Waals surface area contributed by atoms with Gasteiger partial charge >= 0.3 is 5.97 Å². The van der Waals surface area contributed by atoms with E-state index in [4.69, 9.17) is 26.7 Å². The third-order valence-corrected chi connectivity index (χ3v) is 3.14. The van der Waals surface area contributed by atoms with Crippen LogP contribution in [0.15, 0.2) is 36.4 Å². The predicted molar refractivity (Wildman–Crippen MR) is 75.1 cm³/mol. The van der Waals surface area contributed by atoms with Crippen LogP contribution in [0.25, 0.3) is 11.1 Å². The zero-order valence-corrected chi connectivity index (χ0v) is 11.3. The lowest BCUT2D eigenvalue weighted by Gasteiger charge is -2.08. The molecule has 2 aromatic carbocycles. The number of nitriles is 1. The van der Waals surface area contributed by atoms with Crippen molar-refractivity contribution in [1.82, 2.24) is 0 Å². The maximum atomic E-state index is 11.1. The van der Waals surface area contributed by atoms with Gasteiger partial charge in [-0.1, -0.05) is 17.7 Å². The molecule has 0 bridgehead atoms. The molecule has 2 rings (SSSR count). The highest BCUT2D eigenvalue weighted by atomic mass is 35.5. The van der Waals surface area contributed by atoms with Crippen LogP contribution in [0.2, 0.25) is 5.02 Å². The van der Waals surface area contributed by atoms with Crippen molar-refractivity contribution >= 4 is 17.6 Å². The van der Waals surface area contributed by atoms with Crippen LogP contribution in [0.1, 0.15) is 15.9 Å². The summed E-state index contributed by atoms with van der Waals surface area (Å²) in [5, 5.41) is 18.4. The molecule has 0 aliphatic rings. The number of carboxylic acids is 1. The number of hydrogen-bond donors (Lipinski definition) is 1. The number of carbonyl (C=O) groups is 1. The molecule has 0 unspecified atom stereocenters. The van der Waals surface area contributed by atoms with Crippen molar-refractivity contribution in [3.05, 3.63) is 52.5 Å². The van der Waals surface area contributed by atoms with Crippen LogP contribution in [-0.4, -0.2) is 18.2 Å². The second-order valence-electron chi connectivity index (χ2n) is 4.06. The highest BCUT2D eigenvalue weighted by Gasteiger charge is 2.10. The fourth-order valence-corrected chi connectivity index (χ4v) is 1.96. The molecule has 1 N–H and O–H groups in total. The van der Waals surface area contributed by atoms with Crippen LogP contribution in [0.3, 0.4) is 0 Å². The minimum absolute atomic E-state index is 0.118. The quantitative estimate of drug-likeness (QED) is 0.936. The number of rotatable bonds is 3. The molecule has 0 heterocycles. The Morgan fingerprint density at radius 2 is 2.00 bits per heavy atom. The highest BCUT2D eigenvalue weighted by molar-refractivity contribution is 6.31. The maximum Gasteiger partial charge on any atom is 0.335 e. The smallest absolute Gasteiger partial charge is 0.335 e. The van der Waals surface area contributed by atoms with E-state index >= 15 is 0 Å². The Labute approximate surface area is 120 Å². The number of ether oxygens (including phenoxy) is 1. The summed E-state index contributed by atoms with van der Waals surface area (Å²) in [6, 6.07) is 11.6. The highest BCUT2D eigenvalue weighted by Crippen LogP contribution is 2.29. The van der Waals surface area contributed by atoms with Gasteiger partial charge in [-0.2, -0.15) is 5.26 Å². The first-order chi connectivity index (χ1) is 9.55. The summed E-state index contributed by atoms with van der Waals surface area (Å²) in [6.07, 6.45) is 0. The first-order valence-electron chi connectivity index (χ1n) is 5.67. The van der Waals surface area contributed by atoms with Gasteiger partial charge in [0.2, 0.25) is 0 Å². The van der Waals surface area contributed by atoms with E-state index in [0.29, 0.717) is 27.5 Å². The van der Waals surface area contributed by atoms with Gasteiger partial charge < -0.3 is 9.84 Å². The molecular formula is C15H10ClNO3. The van der Waals surface area contributed by atoms with E-state index in [1.54, 1.807) is 24.3 Å². The third-order valence-electron chi connectivity index (χ3n) is 2.81. The summed E-state index contributed by atoms with van der Waals surface area (Å²) >= 11 is 5.88. The molecule has 4 nitrogen and oxygen atoms in total. The Balaban J connectivity index is 2.60. The Bertz CT molecular complexity index is 720. The largest absolute Gasteiger partial charge is 0.497 e. The number of halogens is 1. The number of hydrogen-bond acceptors (Lipinski definition) is 3. The van der Waals surface area contributed by atoms with Crippen LogP contribution in [0, 0.1) is 11.3 Å². The van der Waals surface area contributed by atoms with E-state index in [1.807, 2.05) is 6.07 Å². The number of carboxylic acid groups (broad SMARTS) is 1. The standard InChI is InChI=1S/C15H10ClNO3/c1-20-13-6-10(5-11(7-13)15(18)19)9-2-3-14(16)12(4-9)8-17/h2-7H,1H3,(H,18,19). The number of benzene rings is 2. The summed E-state index contributed by atoms with van der Waals surface area (Å²) in [7, 11) is 1.47. The van der Waals surface area contributed by atoms with E-state index in [9.17, 15) is 4.79 Å². The Kier molecular flexibility index (Phi) is 3.92. The van der Waals surface area contributed by atoms with Crippen LogP contribution in [0.5, 0.6) is 5.75 Å². The first kappa shape index (κ1) is 13.9. The second kappa shape index (κ2) is 5.64. The molecule has 0 amide bonds. The van der Waals surface area contributed by atoms with Gasteiger partial charge in [-0.05, 0) is 41.5 Å². The minimum atomic E-state index is -1.04. The third kappa shape index (κ3) is 2.73. The van der Waals surface area contributed by atoms with Gasteiger partial charge in [-0.25, -0.2) is 4.79 Å². The maximum absolute atomic E-state index is 11.1. The van der Waals surface area contributed by atoms with Crippen LogP contribution < -0.4 is 4.74 Å². The van der Waals surface area contributed by atoms with Crippen molar-refractivity contribution in [2.75, 3.05) is 7.11 Å². The van der Waals surface area contributed by atoms with Crippen LogP contribution in [-0.2, 0) is 0 Å². The van der Waals surface area contributed by atoms with Crippen LogP contribution >= 0.6 is 11.6 Å². The van der Waals surface area contributed by atoms with Gasteiger partial charge in [0.15, 0.2) is 0 Å². The van der Waals surface area contributed by atoms with Crippen molar-refractivity contribution in [3.8, 4) is 22.9 Å². The van der Waals surface area contributed by atoms with Gasteiger partial charge in [0.05, 0.1) is 23.3 Å². The summed E-state index contributed by atoms with van der Waals surface area (Å²) in [5.74, 6) is -0.604. The summed E-state index contributed by atoms with van der Waals surface area (Å²) in [5.41, 5.74) is 1.80. The molecule has 0 spiro atoms. The molecule has 0 atom stereocenters. The van der Waals surface area contributed by atoms with E-state index in [1.165, 1.54) is 19.2 Å². The van der Waals surface area contributed by atoms with Crippen molar-refractivity contribution in [2.24, 2.45) is 0 Å². The normalized spacial score (nSPS) is 9.85. The molecule has 20 heavy (non-hydrogen) atoms. The number of nitrogens with zero attached hydrogens (tertiary/aromatic N) is 1. The zero-order chi connectivity index (χ0) is 14.7. The summed E-state index contributed by atoms with van der Waals surface area (Å²) < 4.78 is 5.09. The molecule has 0 aliphatic heterocycles. The van der Waals surface area contributed by atoms with Gasteiger partial charge in [0, 0.05) is 0 Å². The van der Waals surface area contributed by atoms with Crippen molar-refractivity contribution in [3.63, 3.8) is 0 Å². The SMILES string of the molecule is COc1cc(C(=O)O)cc(-c2ccc(Cl)c(C#N)c2)c1. The van der Waals surface area contributed by atoms with E-state index in [0.717, 1.165) is 0 Å². The van der Waals surface area contributed by atoms with E-state index in [2.05, 4.69) is 0 Å². The lowest BCUT2D eigenvalue weighted by Crippen LogP contribution is -1.98. The van der Waals surface area contributed by atoms with Gasteiger partial charge in [0.1, 0.15) is 11.8 Å². The van der Waals surface area contributed by atoms with E-state index < -0.39 is 5.97 Å². The molecule has 0 radical (unpaired) electrons. The lowest BCUT2D eigenvalue weighted by molar-refractivity contribution is 0.0696. The van der Waals surface area contributed by atoms with Crippen molar-refractivity contribution < 1.29 is 14.6 Å². The van der Waals surface area contributed by atoms with Gasteiger partial charge in [-0.15, -0.1) is 0 Å². The van der Waals surface area contributed by atoms with Gasteiger partial charge in [-0.3, -0.25) is 0 Å². The molecule has 5 heteroatoms. The average Bonchev–Trinajstić information content (AvgIpc) is 2.47. The van der Waals surface area contributed by atoms with E-state index in [-0.39, 0.29) is 5.56 Å². The Hall–Kier alpha value is -2.51. The lowest BCUT2D eigenvalue weighted by atomic mass is 10.0. The second-order valence-corrected chi connectivity index (χ2v) is 4.47. The monoisotopic (exact) mass is 287 g/mol. The molecular weight excluding hydrogens is 278 g/mol. The molecule has 0 fully saturated rings. The molecule has 0 aromatic heterocycles. The molecule has 0 aliphatic carbocycles. The average molecular weight is 288 g/mol. The first-order valence-corrected chi connectivity index (χ1v) is 6.05. The fraction of sp³-hybridized carbons (Fsp3) is 0.0667. The Morgan fingerprint density at radius 3 is 2.60 bits per heavy atom.